The minimum Gasteiger partial charge on any atom is -0.465 e. The molecule has 0 aliphatic rings. The highest BCUT2D eigenvalue weighted by Crippen LogP contribution is 2.24. The molecule has 19 heavy (non-hydrogen) atoms. The van der Waals surface area contributed by atoms with Gasteiger partial charge in [0.1, 0.15) is 5.82 Å². The molecule has 1 aromatic carbocycles. The van der Waals surface area contributed by atoms with Gasteiger partial charge in [-0.05, 0) is 24.8 Å². The summed E-state index contributed by atoms with van der Waals surface area (Å²) in [5, 5.41) is 3.09. The lowest BCUT2D eigenvalue weighted by Gasteiger charge is -2.18. The number of nitrogen functional groups attached to an aromatic ring is 1. The molecule has 1 rings (SSSR count). The maximum atomic E-state index is 13.8. The lowest BCUT2D eigenvalue weighted by atomic mass is 10.1. The summed E-state index contributed by atoms with van der Waals surface area (Å²) in [7, 11) is 1.26. The van der Waals surface area contributed by atoms with Crippen molar-refractivity contribution in [2.75, 3.05) is 30.2 Å². The van der Waals surface area contributed by atoms with E-state index in [1.807, 2.05) is 13.2 Å². The molecule has 0 fully saturated rings. The lowest BCUT2D eigenvalue weighted by molar-refractivity contribution is 0.0602. The molecule has 1 aromatic rings. The van der Waals surface area contributed by atoms with Gasteiger partial charge in [-0.25, -0.2) is 9.18 Å². The van der Waals surface area contributed by atoms with Crippen molar-refractivity contribution in [1.29, 1.82) is 0 Å². The van der Waals surface area contributed by atoms with Crippen LogP contribution in [0, 0.1) is 5.82 Å². The maximum Gasteiger partial charge on any atom is 0.340 e. The van der Waals surface area contributed by atoms with Crippen molar-refractivity contribution in [2.45, 2.75) is 19.4 Å². The van der Waals surface area contributed by atoms with Crippen molar-refractivity contribution in [3.05, 3.63) is 23.5 Å². The van der Waals surface area contributed by atoms with Gasteiger partial charge in [0.15, 0.2) is 0 Å². The van der Waals surface area contributed by atoms with Gasteiger partial charge in [0.25, 0.3) is 0 Å². The first kappa shape index (κ1) is 15.6. The topological polar surface area (TPSA) is 64.3 Å². The van der Waals surface area contributed by atoms with E-state index in [1.165, 1.54) is 13.2 Å². The van der Waals surface area contributed by atoms with Crippen LogP contribution in [0.15, 0.2) is 12.1 Å². The maximum absolute atomic E-state index is 13.8. The van der Waals surface area contributed by atoms with E-state index in [0.29, 0.717) is 0 Å². The summed E-state index contributed by atoms with van der Waals surface area (Å²) in [6.07, 6.45) is 2.85. The van der Waals surface area contributed by atoms with E-state index in [9.17, 15) is 9.18 Å². The van der Waals surface area contributed by atoms with Gasteiger partial charge < -0.3 is 15.8 Å². The van der Waals surface area contributed by atoms with E-state index in [-0.39, 0.29) is 23.0 Å². The van der Waals surface area contributed by atoms with Crippen molar-refractivity contribution >= 4 is 29.1 Å². The van der Waals surface area contributed by atoms with Crippen molar-refractivity contribution in [3.63, 3.8) is 0 Å². The van der Waals surface area contributed by atoms with Crippen molar-refractivity contribution in [3.8, 4) is 0 Å². The van der Waals surface area contributed by atoms with Gasteiger partial charge in [-0.1, -0.05) is 6.92 Å². The Labute approximate surface area is 116 Å². The number of methoxy groups -OCH3 is 1. The third kappa shape index (κ3) is 4.02. The molecule has 0 radical (unpaired) electrons. The predicted molar refractivity (Wildman–Crippen MR) is 78.2 cm³/mol. The van der Waals surface area contributed by atoms with Gasteiger partial charge >= 0.3 is 5.97 Å². The van der Waals surface area contributed by atoms with Crippen molar-refractivity contribution < 1.29 is 13.9 Å². The van der Waals surface area contributed by atoms with Crippen LogP contribution in [-0.2, 0) is 4.74 Å². The molecule has 0 amide bonds. The molecule has 4 nitrogen and oxygen atoms in total. The standard InChI is InChI=1S/C13H19FN2O2S/c1-4-8(7-19-3)16-12-5-9(13(17)18-2)11(15)6-10(12)14/h5-6,8,16H,4,7,15H2,1-3H3. The number of hydrogen-bond acceptors (Lipinski definition) is 5. The zero-order valence-corrected chi connectivity index (χ0v) is 12.1. The van der Waals surface area contributed by atoms with Crippen LogP contribution in [0.3, 0.4) is 0 Å². The van der Waals surface area contributed by atoms with Crippen LogP contribution in [0.2, 0.25) is 0 Å². The molecule has 0 aromatic heterocycles. The number of rotatable bonds is 6. The Balaban J connectivity index is 3.03. The first-order valence-corrected chi connectivity index (χ1v) is 7.35. The van der Waals surface area contributed by atoms with Crippen LogP contribution in [0.4, 0.5) is 15.8 Å². The Morgan fingerprint density at radius 2 is 2.26 bits per heavy atom. The second-order valence-corrected chi connectivity index (χ2v) is 5.03. The Bertz CT molecular complexity index is 455. The molecule has 0 saturated carbocycles. The first-order chi connectivity index (χ1) is 9.03. The average Bonchev–Trinajstić information content (AvgIpc) is 2.40. The number of esters is 1. The number of carbonyl (C=O) groups is 1. The Morgan fingerprint density at radius 1 is 1.58 bits per heavy atom. The first-order valence-electron chi connectivity index (χ1n) is 5.96. The highest BCUT2D eigenvalue weighted by atomic mass is 32.2. The number of carbonyl (C=O) groups excluding carboxylic acids is 1. The number of halogens is 1. The van der Waals surface area contributed by atoms with Crippen LogP contribution in [0.5, 0.6) is 0 Å². The van der Waals surface area contributed by atoms with E-state index in [4.69, 9.17) is 5.73 Å². The number of anilines is 2. The van der Waals surface area contributed by atoms with Gasteiger partial charge in [0.2, 0.25) is 0 Å². The molecule has 6 heteroatoms. The van der Waals surface area contributed by atoms with Gasteiger partial charge in [-0.15, -0.1) is 0 Å². The molecule has 0 spiro atoms. The van der Waals surface area contributed by atoms with Crippen molar-refractivity contribution in [2.24, 2.45) is 0 Å². The minimum absolute atomic E-state index is 0.0767. The number of thioether (sulfide) groups is 1. The van der Waals surface area contributed by atoms with Crippen LogP contribution in [0.1, 0.15) is 23.7 Å². The molecule has 0 aliphatic carbocycles. The Hall–Kier alpha value is -1.43. The molecule has 0 aliphatic heterocycles. The molecular formula is C13H19FN2O2S. The fourth-order valence-corrected chi connectivity index (χ4v) is 2.39. The summed E-state index contributed by atoms with van der Waals surface area (Å²) in [6.45, 7) is 2.02. The van der Waals surface area contributed by atoms with E-state index in [2.05, 4.69) is 10.1 Å². The third-order valence-electron chi connectivity index (χ3n) is 2.76. The highest BCUT2D eigenvalue weighted by Gasteiger charge is 2.16. The highest BCUT2D eigenvalue weighted by molar-refractivity contribution is 7.98. The summed E-state index contributed by atoms with van der Waals surface area (Å²) < 4.78 is 18.5. The molecular weight excluding hydrogens is 267 g/mol. The van der Waals surface area contributed by atoms with E-state index in [0.717, 1.165) is 18.2 Å². The molecule has 1 unspecified atom stereocenters. The molecule has 0 bridgehead atoms. The summed E-state index contributed by atoms with van der Waals surface area (Å²) in [5.74, 6) is -0.184. The SMILES string of the molecule is CCC(CSC)Nc1cc(C(=O)OC)c(N)cc1F. The Kier molecular flexibility index (Phi) is 5.95. The largest absolute Gasteiger partial charge is 0.465 e. The monoisotopic (exact) mass is 286 g/mol. The zero-order chi connectivity index (χ0) is 14.4. The molecule has 3 N–H and O–H groups in total. The van der Waals surface area contributed by atoms with E-state index >= 15 is 0 Å². The third-order valence-corrected chi connectivity index (χ3v) is 3.50. The summed E-state index contributed by atoms with van der Waals surface area (Å²) >= 11 is 1.68. The van der Waals surface area contributed by atoms with Crippen LogP contribution < -0.4 is 11.1 Å². The zero-order valence-electron chi connectivity index (χ0n) is 11.3. The predicted octanol–water partition coefficient (Wildman–Crippen LogP) is 2.75. The second kappa shape index (κ2) is 7.23. The molecule has 1 atom stereocenters. The van der Waals surface area contributed by atoms with E-state index < -0.39 is 11.8 Å². The summed E-state index contributed by atoms with van der Waals surface area (Å²) in [4.78, 5) is 11.5. The van der Waals surface area contributed by atoms with Crippen LogP contribution >= 0.6 is 11.8 Å². The average molecular weight is 286 g/mol. The quantitative estimate of drug-likeness (QED) is 0.622. The van der Waals surface area contributed by atoms with Crippen LogP contribution in [0.25, 0.3) is 0 Å². The van der Waals surface area contributed by atoms with Crippen molar-refractivity contribution in [1.82, 2.24) is 0 Å². The van der Waals surface area contributed by atoms with Crippen LogP contribution in [-0.4, -0.2) is 31.1 Å². The molecule has 0 saturated heterocycles. The number of nitrogens with two attached hydrogens (primary N) is 1. The number of nitrogens with one attached hydrogen (secondary N) is 1. The summed E-state index contributed by atoms with van der Waals surface area (Å²) in [5.41, 5.74) is 6.14. The van der Waals surface area contributed by atoms with E-state index in [1.54, 1.807) is 11.8 Å². The Morgan fingerprint density at radius 3 is 2.79 bits per heavy atom. The summed E-state index contributed by atoms with van der Waals surface area (Å²) in [6, 6.07) is 2.68. The number of ether oxygens (including phenoxy) is 1. The van der Waals surface area contributed by atoms with Gasteiger partial charge in [-0.2, -0.15) is 11.8 Å². The normalized spacial score (nSPS) is 12.0. The number of benzene rings is 1. The molecule has 106 valence electrons. The van der Waals surface area contributed by atoms with Gasteiger partial charge in [-0.3, -0.25) is 0 Å². The second-order valence-electron chi connectivity index (χ2n) is 4.12. The van der Waals surface area contributed by atoms with Gasteiger partial charge in [0, 0.05) is 17.5 Å². The fourth-order valence-electron chi connectivity index (χ4n) is 1.67. The molecule has 0 heterocycles. The van der Waals surface area contributed by atoms with Gasteiger partial charge in [0.05, 0.1) is 18.4 Å². The smallest absolute Gasteiger partial charge is 0.340 e. The fraction of sp³-hybridized carbons (Fsp3) is 0.462. The lowest BCUT2D eigenvalue weighted by Crippen LogP contribution is -2.22. The number of hydrogen-bond donors (Lipinski definition) is 2. The minimum atomic E-state index is -0.571.